The van der Waals surface area contributed by atoms with Gasteiger partial charge in [0.05, 0.1) is 17.1 Å². The molecule has 1 amide bonds. The molecule has 5 rings (SSSR count). The molecule has 0 atom stereocenters. The molecule has 3 aromatic rings. The number of hydrogen-bond acceptors (Lipinski definition) is 5. The minimum Gasteiger partial charge on any atom is -0.334 e. The number of carbonyl (C=O) groups excluding carboxylic acids is 1. The van der Waals surface area contributed by atoms with Crippen molar-refractivity contribution in [1.82, 2.24) is 0 Å². The molecule has 1 fully saturated rings. The van der Waals surface area contributed by atoms with Crippen LogP contribution in [0.3, 0.4) is 0 Å². The van der Waals surface area contributed by atoms with Gasteiger partial charge in [-0.3, -0.25) is 9.69 Å². The maximum Gasteiger partial charge on any atom is 0.274 e. The molecule has 0 N–H and O–H groups in total. The number of hydrogen-bond donors (Lipinski definition) is 0. The highest BCUT2D eigenvalue weighted by Crippen LogP contribution is 2.51. The van der Waals surface area contributed by atoms with Crippen molar-refractivity contribution < 1.29 is 4.79 Å². The average molecular weight is 492 g/mol. The number of aryl methyl sites for hydroxylation is 2. The van der Waals surface area contributed by atoms with Gasteiger partial charge in [-0.1, -0.05) is 53.7 Å². The maximum absolute atomic E-state index is 13.9. The number of rotatable bonds is 3. The molecule has 4 nitrogen and oxygen atoms in total. The van der Waals surface area contributed by atoms with E-state index in [1.807, 2.05) is 80.6 Å². The molecule has 166 valence electrons. The first-order valence-electron chi connectivity index (χ1n) is 10.7. The molecule has 33 heavy (non-hydrogen) atoms. The molecule has 0 aliphatic carbocycles. The number of para-hydroxylation sites is 1. The van der Waals surface area contributed by atoms with E-state index in [9.17, 15) is 4.79 Å². The first-order valence-corrected chi connectivity index (χ1v) is 12.7. The quantitative estimate of drug-likeness (QED) is 0.355. The lowest BCUT2D eigenvalue weighted by atomic mass is 10.2. The number of anilines is 2. The van der Waals surface area contributed by atoms with Crippen LogP contribution < -0.4 is 9.80 Å². The Hall–Kier alpha value is -2.67. The fourth-order valence-electron chi connectivity index (χ4n) is 3.90. The summed E-state index contributed by atoms with van der Waals surface area (Å²) in [5.41, 5.74) is 4.88. The van der Waals surface area contributed by atoms with Gasteiger partial charge in [0.25, 0.3) is 5.91 Å². The molecule has 0 radical (unpaired) electrons. The maximum atomic E-state index is 13.9. The molecule has 0 spiro atoms. The first kappa shape index (κ1) is 22.1. The van der Waals surface area contributed by atoms with Gasteiger partial charge in [-0.05, 0) is 80.1 Å². The smallest absolute Gasteiger partial charge is 0.274 e. The van der Waals surface area contributed by atoms with Gasteiger partial charge in [0, 0.05) is 16.5 Å². The van der Waals surface area contributed by atoms with Gasteiger partial charge >= 0.3 is 0 Å². The zero-order valence-electron chi connectivity index (χ0n) is 18.5. The molecule has 0 bridgehead atoms. The Kier molecular flexibility index (Phi) is 5.99. The monoisotopic (exact) mass is 491 g/mol. The number of amides is 1. The summed E-state index contributed by atoms with van der Waals surface area (Å²) in [6.45, 7) is 6.88. The van der Waals surface area contributed by atoms with E-state index in [1.54, 1.807) is 16.7 Å². The van der Waals surface area contributed by atoms with E-state index in [0.29, 0.717) is 15.1 Å². The summed E-state index contributed by atoms with van der Waals surface area (Å²) >= 11 is 9.32. The van der Waals surface area contributed by atoms with Crippen LogP contribution in [0.5, 0.6) is 0 Å². The highest BCUT2D eigenvalue weighted by atomic mass is 35.5. The second-order valence-electron chi connectivity index (χ2n) is 7.86. The Morgan fingerprint density at radius 1 is 0.970 bits per heavy atom. The summed E-state index contributed by atoms with van der Waals surface area (Å²) in [5.74, 6) is -0.0576. The third-order valence-electron chi connectivity index (χ3n) is 5.55. The minimum atomic E-state index is -0.0576. The van der Waals surface area contributed by atoms with Gasteiger partial charge in [0.2, 0.25) is 0 Å². The van der Waals surface area contributed by atoms with E-state index >= 15 is 0 Å². The van der Waals surface area contributed by atoms with Crippen molar-refractivity contribution >= 4 is 63.3 Å². The van der Waals surface area contributed by atoms with Crippen molar-refractivity contribution in [2.45, 2.75) is 25.7 Å². The van der Waals surface area contributed by atoms with E-state index in [2.05, 4.69) is 11.8 Å². The second kappa shape index (κ2) is 8.93. The lowest BCUT2D eigenvalue weighted by molar-refractivity contribution is -0.113. The van der Waals surface area contributed by atoms with Crippen molar-refractivity contribution in [2.24, 2.45) is 4.99 Å². The largest absolute Gasteiger partial charge is 0.334 e. The fraction of sp³-hybridized carbons (Fsp3) is 0.154. The Labute approximate surface area is 207 Å². The standard InChI is InChI=1S/C26H22ClN3OS2/c1-4-29-21-15-18(27)12-13-22(21)32-25(29)23-24(31)30(19-10-7-8-16(2)14-19)26(33-23)28-20-11-6-5-9-17(20)3/h5-15H,4H2,1-3H3. The van der Waals surface area contributed by atoms with Crippen LogP contribution in [0.25, 0.3) is 0 Å². The number of halogens is 1. The third kappa shape index (κ3) is 4.07. The number of nitrogens with zero attached hydrogens (tertiary/aromatic N) is 3. The van der Waals surface area contributed by atoms with Crippen molar-refractivity contribution in [3.8, 4) is 0 Å². The molecular weight excluding hydrogens is 470 g/mol. The fourth-order valence-corrected chi connectivity index (χ4v) is 6.44. The zero-order chi connectivity index (χ0) is 23.1. The molecule has 0 unspecified atom stereocenters. The predicted molar refractivity (Wildman–Crippen MR) is 142 cm³/mol. The number of carbonyl (C=O) groups is 1. The van der Waals surface area contributed by atoms with Gasteiger partial charge in [-0.15, -0.1) is 0 Å². The van der Waals surface area contributed by atoms with Gasteiger partial charge < -0.3 is 4.90 Å². The molecule has 2 aliphatic heterocycles. The van der Waals surface area contributed by atoms with Gasteiger partial charge in [0.15, 0.2) is 5.17 Å². The van der Waals surface area contributed by atoms with Gasteiger partial charge in [0.1, 0.15) is 9.93 Å². The Balaban J connectivity index is 1.65. The highest BCUT2D eigenvalue weighted by molar-refractivity contribution is 8.20. The van der Waals surface area contributed by atoms with Crippen molar-refractivity contribution in [2.75, 3.05) is 16.3 Å². The summed E-state index contributed by atoms with van der Waals surface area (Å²) in [5, 5.41) is 2.28. The third-order valence-corrected chi connectivity index (χ3v) is 8.12. The summed E-state index contributed by atoms with van der Waals surface area (Å²) < 4.78 is 0. The molecule has 3 aromatic carbocycles. The van der Waals surface area contributed by atoms with Crippen molar-refractivity contribution in [3.05, 3.63) is 92.8 Å². The summed E-state index contributed by atoms with van der Waals surface area (Å²) in [7, 11) is 0. The number of amidine groups is 1. The Morgan fingerprint density at radius 3 is 2.55 bits per heavy atom. The van der Waals surface area contributed by atoms with E-state index in [4.69, 9.17) is 16.6 Å². The van der Waals surface area contributed by atoms with Crippen LogP contribution in [0.1, 0.15) is 18.1 Å². The molecule has 2 aliphatic rings. The number of benzene rings is 3. The Morgan fingerprint density at radius 2 is 1.79 bits per heavy atom. The molecular formula is C26H22ClN3OS2. The topological polar surface area (TPSA) is 35.9 Å². The predicted octanol–water partition coefficient (Wildman–Crippen LogP) is 7.53. The van der Waals surface area contributed by atoms with Crippen LogP contribution in [0.15, 0.2) is 86.6 Å². The second-order valence-corrected chi connectivity index (χ2v) is 10.3. The molecule has 2 heterocycles. The van der Waals surface area contributed by atoms with Crippen LogP contribution in [-0.2, 0) is 4.79 Å². The van der Waals surface area contributed by atoms with Crippen LogP contribution in [0.4, 0.5) is 17.1 Å². The number of thioether (sulfide) groups is 2. The van der Waals surface area contributed by atoms with Crippen molar-refractivity contribution in [3.63, 3.8) is 0 Å². The average Bonchev–Trinajstić information content (AvgIpc) is 3.31. The summed E-state index contributed by atoms with van der Waals surface area (Å²) in [6.07, 6.45) is 0. The zero-order valence-corrected chi connectivity index (χ0v) is 20.9. The van der Waals surface area contributed by atoms with E-state index in [-0.39, 0.29) is 5.91 Å². The van der Waals surface area contributed by atoms with Crippen LogP contribution in [-0.4, -0.2) is 17.6 Å². The lowest BCUT2D eigenvalue weighted by Gasteiger charge is -2.19. The summed E-state index contributed by atoms with van der Waals surface area (Å²) in [4.78, 5) is 24.5. The van der Waals surface area contributed by atoms with E-state index in [0.717, 1.165) is 44.7 Å². The van der Waals surface area contributed by atoms with Crippen LogP contribution >= 0.6 is 35.1 Å². The van der Waals surface area contributed by atoms with Gasteiger partial charge in [-0.2, -0.15) is 0 Å². The normalized spacial score (nSPS) is 19.0. The van der Waals surface area contributed by atoms with Crippen LogP contribution in [0.2, 0.25) is 5.02 Å². The SMILES string of the molecule is CCN1C(=C2SC(=Nc3ccccc3C)N(c3cccc(C)c3)C2=O)Sc2ccc(Cl)cc21. The number of fused-ring (bicyclic) bond motifs is 1. The summed E-state index contributed by atoms with van der Waals surface area (Å²) in [6, 6.07) is 21.8. The molecule has 1 saturated heterocycles. The lowest BCUT2D eigenvalue weighted by Crippen LogP contribution is -2.29. The number of aliphatic imine (C=N–C) groups is 1. The van der Waals surface area contributed by atoms with Gasteiger partial charge in [-0.25, -0.2) is 4.99 Å². The first-order chi connectivity index (χ1) is 16.0. The van der Waals surface area contributed by atoms with E-state index in [1.165, 1.54) is 11.8 Å². The van der Waals surface area contributed by atoms with E-state index < -0.39 is 0 Å². The Bertz CT molecular complexity index is 1330. The molecule has 7 heteroatoms. The molecule has 0 saturated carbocycles. The van der Waals surface area contributed by atoms with Crippen molar-refractivity contribution in [1.29, 1.82) is 0 Å². The minimum absolute atomic E-state index is 0.0576. The van der Waals surface area contributed by atoms with Crippen LogP contribution in [0, 0.1) is 13.8 Å². The highest BCUT2D eigenvalue weighted by Gasteiger charge is 2.40. The molecule has 0 aromatic heterocycles.